The van der Waals surface area contributed by atoms with Gasteiger partial charge in [0.05, 0.1) is 22.7 Å². The molecule has 0 unspecified atom stereocenters. The predicted molar refractivity (Wildman–Crippen MR) is 63.6 cm³/mol. The summed E-state index contributed by atoms with van der Waals surface area (Å²) in [6.07, 6.45) is 0. The largest absolute Gasteiger partial charge is 0.312 e. The Kier molecular flexibility index (Phi) is 4.78. The van der Waals surface area contributed by atoms with Gasteiger partial charge in [-0.1, -0.05) is 23.2 Å². The van der Waals surface area contributed by atoms with Crippen LogP contribution >= 0.6 is 23.2 Å². The maximum atomic E-state index is 12.0. The number of rotatable bonds is 3. The second-order valence-corrected chi connectivity index (χ2v) is 3.95. The van der Waals surface area contributed by atoms with Crippen LogP contribution in [0.3, 0.4) is 0 Å². The topological polar surface area (TPSA) is 67.9 Å². The quantitative estimate of drug-likeness (QED) is 0.791. The fourth-order valence-electron chi connectivity index (χ4n) is 1.20. The maximum Gasteiger partial charge on any atom is 0.257 e. The van der Waals surface area contributed by atoms with Crippen molar-refractivity contribution in [3.05, 3.63) is 33.8 Å². The summed E-state index contributed by atoms with van der Waals surface area (Å²) >= 11 is 11.6. The van der Waals surface area contributed by atoms with Gasteiger partial charge in [-0.15, -0.1) is 0 Å². The van der Waals surface area contributed by atoms with Gasteiger partial charge in [0.15, 0.2) is 0 Å². The molecule has 1 rings (SSSR count). The second kappa shape index (κ2) is 6.10. The maximum absolute atomic E-state index is 12.0. The number of amides is 1. The summed E-state index contributed by atoms with van der Waals surface area (Å²) in [4.78, 5) is 13.1. The molecule has 1 aromatic carbocycles. The SMILES string of the molecule is N#CCN(CC#N)C(=O)c1ccc(Cl)cc1Cl. The molecule has 0 bridgehead atoms. The van der Waals surface area contributed by atoms with E-state index in [-0.39, 0.29) is 23.7 Å². The Balaban J connectivity index is 3.02. The summed E-state index contributed by atoms with van der Waals surface area (Å²) in [6, 6.07) is 8.07. The van der Waals surface area contributed by atoms with Gasteiger partial charge < -0.3 is 4.90 Å². The Morgan fingerprint density at radius 2 is 1.82 bits per heavy atom. The molecule has 4 nitrogen and oxygen atoms in total. The fourth-order valence-corrected chi connectivity index (χ4v) is 1.69. The van der Waals surface area contributed by atoms with Crippen LogP contribution in [0.5, 0.6) is 0 Å². The first-order chi connectivity index (χ1) is 8.10. The van der Waals surface area contributed by atoms with Gasteiger partial charge in [-0.3, -0.25) is 4.79 Å². The first-order valence-corrected chi connectivity index (χ1v) is 5.34. The Labute approximate surface area is 109 Å². The summed E-state index contributed by atoms with van der Waals surface area (Å²) in [7, 11) is 0. The highest BCUT2D eigenvalue weighted by Gasteiger charge is 2.17. The monoisotopic (exact) mass is 267 g/mol. The normalized spacial score (nSPS) is 9.18. The molecular weight excluding hydrogens is 261 g/mol. The molecule has 0 aromatic heterocycles. The van der Waals surface area contributed by atoms with Crippen LogP contribution in [0.2, 0.25) is 10.0 Å². The highest BCUT2D eigenvalue weighted by molar-refractivity contribution is 6.36. The number of benzene rings is 1. The molecule has 17 heavy (non-hydrogen) atoms. The standard InChI is InChI=1S/C11H7Cl2N3O/c12-8-1-2-9(10(13)7-8)11(17)16(5-3-14)6-4-15/h1-2,7H,5-6H2. The van der Waals surface area contributed by atoms with E-state index in [1.54, 1.807) is 0 Å². The molecular formula is C11H7Cl2N3O. The lowest BCUT2D eigenvalue weighted by molar-refractivity contribution is 0.0795. The van der Waals surface area contributed by atoms with Gasteiger partial charge >= 0.3 is 0 Å². The lowest BCUT2D eigenvalue weighted by Gasteiger charge is -2.16. The summed E-state index contributed by atoms with van der Waals surface area (Å²) in [6.45, 7) is -0.323. The van der Waals surface area contributed by atoms with Crippen LogP contribution in [0.4, 0.5) is 0 Å². The molecule has 0 aliphatic heterocycles. The van der Waals surface area contributed by atoms with Gasteiger partial charge in [0.2, 0.25) is 0 Å². The Hall–Kier alpha value is -1.75. The van der Waals surface area contributed by atoms with Crippen molar-refractivity contribution in [3.63, 3.8) is 0 Å². The molecule has 0 aliphatic rings. The van der Waals surface area contributed by atoms with E-state index in [0.29, 0.717) is 5.02 Å². The van der Waals surface area contributed by atoms with E-state index in [1.165, 1.54) is 18.2 Å². The first kappa shape index (κ1) is 13.3. The molecule has 6 heteroatoms. The zero-order valence-corrected chi connectivity index (χ0v) is 10.2. The molecule has 86 valence electrons. The minimum absolute atomic E-state index is 0.161. The van der Waals surface area contributed by atoms with Crippen molar-refractivity contribution in [1.82, 2.24) is 4.90 Å². The molecule has 0 aliphatic carbocycles. The third-order valence-corrected chi connectivity index (χ3v) is 2.52. The Morgan fingerprint density at radius 3 is 2.29 bits per heavy atom. The number of halogens is 2. The average Bonchev–Trinajstić information content (AvgIpc) is 2.28. The molecule has 0 heterocycles. The van der Waals surface area contributed by atoms with Crippen molar-refractivity contribution in [3.8, 4) is 12.1 Å². The van der Waals surface area contributed by atoms with Crippen LogP contribution in [0.1, 0.15) is 10.4 Å². The number of carbonyl (C=O) groups is 1. The number of hydrogen-bond donors (Lipinski definition) is 0. The minimum atomic E-state index is -0.463. The zero-order chi connectivity index (χ0) is 12.8. The molecule has 0 spiro atoms. The molecule has 0 saturated heterocycles. The first-order valence-electron chi connectivity index (χ1n) is 4.58. The van der Waals surface area contributed by atoms with Crippen molar-refractivity contribution in [2.45, 2.75) is 0 Å². The van der Waals surface area contributed by atoms with E-state index in [0.717, 1.165) is 4.90 Å². The van der Waals surface area contributed by atoms with E-state index in [4.69, 9.17) is 33.7 Å². The number of hydrogen-bond acceptors (Lipinski definition) is 3. The highest BCUT2D eigenvalue weighted by atomic mass is 35.5. The van der Waals surface area contributed by atoms with Gasteiger partial charge in [0.1, 0.15) is 13.1 Å². The molecule has 0 saturated carbocycles. The lowest BCUT2D eigenvalue weighted by Crippen LogP contribution is -2.31. The van der Waals surface area contributed by atoms with Gasteiger partial charge in [0, 0.05) is 5.02 Å². The highest BCUT2D eigenvalue weighted by Crippen LogP contribution is 2.22. The number of nitrogens with zero attached hydrogens (tertiary/aromatic N) is 3. The molecule has 1 aromatic rings. The summed E-state index contributed by atoms with van der Waals surface area (Å²) in [5.74, 6) is -0.463. The smallest absolute Gasteiger partial charge is 0.257 e. The van der Waals surface area contributed by atoms with Crippen LogP contribution in [0, 0.1) is 22.7 Å². The third-order valence-electron chi connectivity index (χ3n) is 1.97. The van der Waals surface area contributed by atoms with E-state index in [1.807, 2.05) is 12.1 Å². The number of carbonyl (C=O) groups excluding carboxylic acids is 1. The lowest BCUT2D eigenvalue weighted by atomic mass is 10.2. The van der Waals surface area contributed by atoms with Crippen molar-refractivity contribution in [2.75, 3.05) is 13.1 Å². The van der Waals surface area contributed by atoms with Crippen LogP contribution in [-0.4, -0.2) is 23.9 Å². The molecule has 0 N–H and O–H groups in total. The van der Waals surface area contributed by atoms with E-state index in [9.17, 15) is 4.79 Å². The zero-order valence-electron chi connectivity index (χ0n) is 8.65. The Bertz CT molecular complexity index is 500. The summed E-state index contributed by atoms with van der Waals surface area (Å²) in [5, 5.41) is 17.7. The van der Waals surface area contributed by atoms with Gasteiger partial charge in [0.25, 0.3) is 5.91 Å². The van der Waals surface area contributed by atoms with Crippen LogP contribution in [0.25, 0.3) is 0 Å². The number of nitriles is 2. The van der Waals surface area contributed by atoms with Gasteiger partial charge in [-0.05, 0) is 18.2 Å². The van der Waals surface area contributed by atoms with Crippen molar-refractivity contribution in [2.24, 2.45) is 0 Å². The molecule has 0 atom stereocenters. The van der Waals surface area contributed by atoms with Gasteiger partial charge in [-0.25, -0.2) is 0 Å². The second-order valence-electron chi connectivity index (χ2n) is 3.10. The minimum Gasteiger partial charge on any atom is -0.312 e. The third kappa shape index (κ3) is 3.35. The fraction of sp³-hybridized carbons (Fsp3) is 0.182. The average molecular weight is 268 g/mol. The summed E-state index contributed by atoms with van der Waals surface area (Å²) in [5.41, 5.74) is 0.224. The Morgan fingerprint density at radius 1 is 1.24 bits per heavy atom. The predicted octanol–water partition coefficient (Wildman–Crippen LogP) is 2.48. The molecule has 1 amide bonds. The molecule has 0 radical (unpaired) electrons. The van der Waals surface area contributed by atoms with Crippen molar-refractivity contribution >= 4 is 29.1 Å². The van der Waals surface area contributed by atoms with Gasteiger partial charge in [-0.2, -0.15) is 10.5 Å². The van der Waals surface area contributed by atoms with Crippen LogP contribution in [-0.2, 0) is 0 Å². The van der Waals surface area contributed by atoms with E-state index in [2.05, 4.69) is 0 Å². The van der Waals surface area contributed by atoms with Crippen molar-refractivity contribution in [1.29, 1.82) is 10.5 Å². The summed E-state index contributed by atoms with van der Waals surface area (Å²) < 4.78 is 0. The van der Waals surface area contributed by atoms with Crippen LogP contribution < -0.4 is 0 Å². The van der Waals surface area contributed by atoms with E-state index < -0.39 is 5.91 Å². The van der Waals surface area contributed by atoms with Crippen LogP contribution in [0.15, 0.2) is 18.2 Å². The van der Waals surface area contributed by atoms with E-state index >= 15 is 0 Å². The molecule has 0 fully saturated rings. The van der Waals surface area contributed by atoms with Crippen molar-refractivity contribution < 1.29 is 4.79 Å².